The molecule has 2 rings (SSSR count). The van der Waals surface area contributed by atoms with E-state index in [0.29, 0.717) is 18.1 Å². The summed E-state index contributed by atoms with van der Waals surface area (Å²) in [6.45, 7) is 2.49. The van der Waals surface area contributed by atoms with E-state index in [2.05, 4.69) is 26.0 Å². The lowest BCUT2D eigenvalue weighted by molar-refractivity contribution is -0.120. The summed E-state index contributed by atoms with van der Waals surface area (Å²) in [5, 5.41) is 11.8. The van der Waals surface area contributed by atoms with Crippen molar-refractivity contribution < 1.29 is 9.59 Å². The van der Waals surface area contributed by atoms with Crippen LogP contribution in [-0.2, 0) is 4.79 Å². The molecule has 0 aliphatic rings. The van der Waals surface area contributed by atoms with Crippen molar-refractivity contribution in [3.63, 3.8) is 0 Å². The molecule has 2 aromatic rings. The second-order valence-corrected chi connectivity index (χ2v) is 4.51. The van der Waals surface area contributed by atoms with E-state index in [9.17, 15) is 9.59 Å². The Morgan fingerprint density at radius 3 is 2.77 bits per heavy atom. The third-order valence-corrected chi connectivity index (χ3v) is 2.73. The summed E-state index contributed by atoms with van der Waals surface area (Å²) in [4.78, 5) is 27.2. The van der Waals surface area contributed by atoms with Crippen LogP contribution in [0.5, 0.6) is 0 Å². The zero-order valence-electron chi connectivity index (χ0n) is 12.2. The Morgan fingerprint density at radius 2 is 2.14 bits per heavy atom. The standard InChI is InChI=1S/C14H18N6O2/c1-2-6-15-13(21)10-17-14(22)19-11-4-5-12(16-9-11)20-8-3-7-18-20/h3-5,7-9H,2,6,10H2,1H3,(H,15,21)(H2,17,19,22). The number of amides is 3. The minimum Gasteiger partial charge on any atom is -0.355 e. The van der Waals surface area contributed by atoms with Gasteiger partial charge in [-0.1, -0.05) is 6.92 Å². The van der Waals surface area contributed by atoms with Crippen LogP contribution in [0, 0.1) is 0 Å². The van der Waals surface area contributed by atoms with Gasteiger partial charge in [0.15, 0.2) is 5.82 Å². The molecule has 0 aromatic carbocycles. The highest BCUT2D eigenvalue weighted by Gasteiger charge is 2.05. The van der Waals surface area contributed by atoms with Crippen molar-refractivity contribution in [1.82, 2.24) is 25.4 Å². The summed E-state index contributed by atoms with van der Waals surface area (Å²) in [7, 11) is 0. The van der Waals surface area contributed by atoms with Crippen molar-refractivity contribution in [3.05, 3.63) is 36.8 Å². The Bertz CT molecular complexity index is 609. The zero-order chi connectivity index (χ0) is 15.8. The second-order valence-electron chi connectivity index (χ2n) is 4.51. The maximum Gasteiger partial charge on any atom is 0.319 e. The van der Waals surface area contributed by atoms with Crippen LogP contribution in [0.2, 0.25) is 0 Å². The summed E-state index contributed by atoms with van der Waals surface area (Å²) in [5.41, 5.74) is 0.530. The topological polar surface area (TPSA) is 101 Å². The molecular formula is C14H18N6O2. The van der Waals surface area contributed by atoms with Gasteiger partial charge in [0.1, 0.15) is 0 Å². The number of nitrogens with one attached hydrogen (secondary N) is 3. The molecule has 116 valence electrons. The molecular weight excluding hydrogens is 284 g/mol. The van der Waals surface area contributed by atoms with Gasteiger partial charge in [-0.15, -0.1) is 0 Å². The van der Waals surface area contributed by atoms with Crippen LogP contribution in [0.25, 0.3) is 5.82 Å². The fourth-order valence-corrected chi connectivity index (χ4v) is 1.66. The van der Waals surface area contributed by atoms with Crippen molar-refractivity contribution in [2.45, 2.75) is 13.3 Å². The van der Waals surface area contributed by atoms with Gasteiger partial charge in [0, 0.05) is 18.9 Å². The molecule has 2 heterocycles. The summed E-state index contributed by atoms with van der Waals surface area (Å²) in [5.74, 6) is 0.430. The van der Waals surface area contributed by atoms with E-state index in [4.69, 9.17) is 0 Å². The number of carbonyl (C=O) groups excluding carboxylic acids is 2. The van der Waals surface area contributed by atoms with Crippen LogP contribution >= 0.6 is 0 Å². The van der Waals surface area contributed by atoms with Crippen molar-refractivity contribution in [3.8, 4) is 5.82 Å². The minimum absolute atomic E-state index is 0.0648. The van der Waals surface area contributed by atoms with E-state index < -0.39 is 6.03 Å². The van der Waals surface area contributed by atoms with Gasteiger partial charge in [-0.05, 0) is 24.6 Å². The van der Waals surface area contributed by atoms with Crippen molar-refractivity contribution in [1.29, 1.82) is 0 Å². The fraction of sp³-hybridized carbons (Fsp3) is 0.286. The third kappa shape index (κ3) is 4.58. The van der Waals surface area contributed by atoms with Gasteiger partial charge >= 0.3 is 6.03 Å². The second kappa shape index (κ2) is 7.77. The van der Waals surface area contributed by atoms with E-state index in [1.165, 1.54) is 6.20 Å². The lowest BCUT2D eigenvalue weighted by Gasteiger charge is -2.08. The van der Waals surface area contributed by atoms with Crippen molar-refractivity contribution >= 4 is 17.6 Å². The highest BCUT2D eigenvalue weighted by molar-refractivity contribution is 5.92. The molecule has 0 bridgehead atoms. The number of rotatable bonds is 6. The van der Waals surface area contributed by atoms with Crippen molar-refractivity contribution in [2.24, 2.45) is 0 Å². The molecule has 3 amide bonds. The number of urea groups is 1. The zero-order valence-corrected chi connectivity index (χ0v) is 12.2. The molecule has 2 aromatic heterocycles. The normalized spacial score (nSPS) is 10.0. The lowest BCUT2D eigenvalue weighted by atomic mass is 10.4. The van der Waals surface area contributed by atoms with E-state index in [1.807, 2.05) is 6.92 Å². The molecule has 0 unspecified atom stereocenters. The fourth-order valence-electron chi connectivity index (χ4n) is 1.66. The third-order valence-electron chi connectivity index (χ3n) is 2.73. The quantitative estimate of drug-likeness (QED) is 0.738. The molecule has 8 nitrogen and oxygen atoms in total. The summed E-state index contributed by atoms with van der Waals surface area (Å²) in [6.07, 6.45) is 5.81. The Morgan fingerprint density at radius 1 is 1.27 bits per heavy atom. The Hall–Kier alpha value is -2.90. The minimum atomic E-state index is -0.458. The molecule has 0 atom stereocenters. The van der Waals surface area contributed by atoms with Crippen LogP contribution in [-0.4, -0.2) is 39.8 Å². The summed E-state index contributed by atoms with van der Waals surface area (Å²) in [6, 6.07) is 4.78. The number of hydrogen-bond donors (Lipinski definition) is 3. The predicted molar refractivity (Wildman–Crippen MR) is 81.7 cm³/mol. The number of anilines is 1. The number of carbonyl (C=O) groups is 2. The molecule has 22 heavy (non-hydrogen) atoms. The SMILES string of the molecule is CCCNC(=O)CNC(=O)Nc1ccc(-n2cccn2)nc1. The lowest BCUT2D eigenvalue weighted by Crippen LogP contribution is -2.39. The first-order chi connectivity index (χ1) is 10.7. The summed E-state index contributed by atoms with van der Waals surface area (Å²) < 4.78 is 1.61. The van der Waals surface area contributed by atoms with Gasteiger partial charge in [-0.25, -0.2) is 14.5 Å². The van der Waals surface area contributed by atoms with Gasteiger partial charge < -0.3 is 16.0 Å². The average molecular weight is 302 g/mol. The molecule has 0 radical (unpaired) electrons. The first-order valence-corrected chi connectivity index (χ1v) is 6.96. The largest absolute Gasteiger partial charge is 0.355 e. The number of aromatic nitrogens is 3. The van der Waals surface area contributed by atoms with E-state index >= 15 is 0 Å². The smallest absolute Gasteiger partial charge is 0.319 e. The number of hydrogen-bond acceptors (Lipinski definition) is 4. The van der Waals surface area contributed by atoms with Crippen LogP contribution in [0.1, 0.15) is 13.3 Å². The van der Waals surface area contributed by atoms with Gasteiger partial charge in [-0.2, -0.15) is 5.10 Å². The van der Waals surface area contributed by atoms with Crippen LogP contribution in [0.3, 0.4) is 0 Å². The van der Waals surface area contributed by atoms with Crippen LogP contribution < -0.4 is 16.0 Å². The number of pyridine rings is 1. The van der Waals surface area contributed by atoms with E-state index in [-0.39, 0.29) is 12.5 Å². The Labute approximate surface area is 127 Å². The average Bonchev–Trinajstić information content (AvgIpc) is 3.06. The molecule has 0 saturated carbocycles. The molecule has 0 spiro atoms. The molecule has 0 aliphatic heterocycles. The molecule has 3 N–H and O–H groups in total. The highest BCUT2D eigenvalue weighted by atomic mass is 16.2. The highest BCUT2D eigenvalue weighted by Crippen LogP contribution is 2.08. The first-order valence-electron chi connectivity index (χ1n) is 6.96. The maximum atomic E-state index is 11.7. The maximum absolute atomic E-state index is 11.7. The predicted octanol–water partition coefficient (Wildman–Crippen LogP) is 0.915. The number of nitrogens with zero attached hydrogens (tertiary/aromatic N) is 3. The van der Waals surface area contributed by atoms with Gasteiger partial charge in [-0.3, -0.25) is 4.79 Å². The molecule has 0 saturated heterocycles. The van der Waals surface area contributed by atoms with E-state index in [1.54, 1.807) is 35.3 Å². The van der Waals surface area contributed by atoms with Gasteiger partial charge in [0.25, 0.3) is 0 Å². The monoisotopic (exact) mass is 302 g/mol. The Balaban J connectivity index is 1.80. The van der Waals surface area contributed by atoms with Crippen LogP contribution in [0.15, 0.2) is 36.8 Å². The van der Waals surface area contributed by atoms with E-state index in [0.717, 1.165) is 6.42 Å². The van der Waals surface area contributed by atoms with Crippen LogP contribution in [0.4, 0.5) is 10.5 Å². The molecule has 0 fully saturated rings. The van der Waals surface area contributed by atoms with Gasteiger partial charge in [0.05, 0.1) is 18.4 Å². The summed E-state index contributed by atoms with van der Waals surface area (Å²) >= 11 is 0. The molecule has 0 aliphatic carbocycles. The molecule has 8 heteroatoms. The Kier molecular flexibility index (Phi) is 5.47. The first kappa shape index (κ1) is 15.5. The van der Waals surface area contributed by atoms with Gasteiger partial charge in [0.2, 0.25) is 5.91 Å². The van der Waals surface area contributed by atoms with Crippen molar-refractivity contribution in [2.75, 3.05) is 18.4 Å².